The van der Waals surface area contributed by atoms with Gasteiger partial charge in [-0.3, -0.25) is 4.79 Å². The average Bonchev–Trinajstić information content (AvgIpc) is 2.68. The van der Waals surface area contributed by atoms with Gasteiger partial charge in [-0.25, -0.2) is 0 Å². The molecule has 0 fully saturated rings. The van der Waals surface area contributed by atoms with Gasteiger partial charge in [0.25, 0.3) is 0 Å². The van der Waals surface area contributed by atoms with E-state index < -0.39 is 0 Å². The zero-order valence-electron chi connectivity index (χ0n) is 9.62. The minimum atomic E-state index is 0.121. The predicted molar refractivity (Wildman–Crippen MR) is 65.1 cm³/mol. The lowest BCUT2D eigenvalue weighted by atomic mass is 10.1. The van der Waals surface area contributed by atoms with Gasteiger partial charge in [0, 0.05) is 23.3 Å². The Labute approximate surface area is 95.7 Å². The molecule has 1 heterocycles. The van der Waals surface area contributed by atoms with Gasteiger partial charge in [0.15, 0.2) is 0 Å². The largest absolute Gasteiger partial charge is 0.353 e. The molecule has 1 N–H and O–H groups in total. The van der Waals surface area contributed by atoms with Gasteiger partial charge in [-0.05, 0) is 24.8 Å². The van der Waals surface area contributed by atoms with Crippen molar-refractivity contribution in [3.63, 3.8) is 0 Å². The summed E-state index contributed by atoms with van der Waals surface area (Å²) in [5.74, 6) is 0.289. The third kappa shape index (κ3) is 4.04. The Morgan fingerprint density at radius 1 is 1.53 bits per heavy atom. The molecule has 0 spiro atoms. The number of nitrogens with one attached hydrogen (secondary N) is 1. The van der Waals surface area contributed by atoms with Crippen molar-refractivity contribution in [3.05, 3.63) is 22.4 Å². The van der Waals surface area contributed by atoms with Gasteiger partial charge in [-0.1, -0.05) is 19.9 Å². The maximum absolute atomic E-state index is 11.6. The highest BCUT2D eigenvalue weighted by Gasteiger charge is 2.13. The van der Waals surface area contributed by atoms with Crippen LogP contribution in [0.4, 0.5) is 0 Å². The van der Waals surface area contributed by atoms with E-state index in [1.165, 1.54) is 4.88 Å². The number of hydrogen-bond acceptors (Lipinski definition) is 2. The summed E-state index contributed by atoms with van der Waals surface area (Å²) < 4.78 is 0. The van der Waals surface area contributed by atoms with Gasteiger partial charge in [-0.15, -0.1) is 11.3 Å². The van der Waals surface area contributed by atoms with Gasteiger partial charge in [0.1, 0.15) is 0 Å². The number of amides is 1. The molecule has 0 aliphatic heterocycles. The van der Waals surface area contributed by atoms with Gasteiger partial charge in [0.05, 0.1) is 0 Å². The Bertz CT molecular complexity index is 295. The zero-order valence-corrected chi connectivity index (χ0v) is 10.4. The average molecular weight is 225 g/mol. The van der Waals surface area contributed by atoms with Crippen molar-refractivity contribution in [3.8, 4) is 0 Å². The Hall–Kier alpha value is -0.830. The van der Waals surface area contributed by atoms with Crippen LogP contribution in [0.25, 0.3) is 0 Å². The van der Waals surface area contributed by atoms with Crippen molar-refractivity contribution in [1.29, 1.82) is 0 Å². The number of thiophene rings is 1. The standard InChI is InChI=1S/C12H19NOS/c1-4-9(2)12(14)13-10(3)8-11-6-5-7-15-11/h5-7,9-10H,4,8H2,1-3H3,(H,13,14)/t9-,10+/m1/s1. The van der Waals surface area contributed by atoms with Crippen LogP contribution in [0.2, 0.25) is 0 Å². The first-order chi connectivity index (χ1) is 7.13. The minimum absolute atomic E-state index is 0.121. The molecule has 0 aliphatic carbocycles. The molecule has 1 aromatic rings. The summed E-state index contributed by atoms with van der Waals surface area (Å²) in [5.41, 5.74) is 0. The van der Waals surface area contributed by atoms with Crippen molar-refractivity contribution < 1.29 is 4.79 Å². The lowest BCUT2D eigenvalue weighted by Crippen LogP contribution is -2.37. The molecule has 0 saturated carbocycles. The molecule has 0 aliphatic rings. The van der Waals surface area contributed by atoms with E-state index in [9.17, 15) is 4.79 Å². The first-order valence-corrected chi connectivity index (χ1v) is 6.34. The van der Waals surface area contributed by atoms with Crippen molar-refractivity contribution in [2.24, 2.45) is 5.92 Å². The molecule has 1 aromatic heterocycles. The number of rotatable bonds is 5. The van der Waals surface area contributed by atoms with Crippen LogP contribution in [0, 0.1) is 5.92 Å². The third-order valence-corrected chi connectivity index (χ3v) is 3.43. The fourth-order valence-electron chi connectivity index (χ4n) is 1.35. The summed E-state index contributed by atoms with van der Waals surface area (Å²) in [6.07, 6.45) is 1.83. The lowest BCUT2D eigenvalue weighted by Gasteiger charge is -2.15. The second-order valence-corrected chi connectivity index (χ2v) is 5.03. The highest BCUT2D eigenvalue weighted by Crippen LogP contribution is 2.11. The molecule has 0 radical (unpaired) electrons. The van der Waals surface area contributed by atoms with Crippen LogP contribution in [0.3, 0.4) is 0 Å². The van der Waals surface area contributed by atoms with Crippen LogP contribution in [0.15, 0.2) is 17.5 Å². The van der Waals surface area contributed by atoms with Gasteiger partial charge < -0.3 is 5.32 Å². The van der Waals surface area contributed by atoms with Crippen LogP contribution in [-0.4, -0.2) is 11.9 Å². The van der Waals surface area contributed by atoms with Crippen LogP contribution < -0.4 is 5.32 Å². The SMILES string of the molecule is CC[C@@H](C)C(=O)N[C@@H](C)Cc1cccs1. The molecular weight excluding hydrogens is 206 g/mol. The topological polar surface area (TPSA) is 29.1 Å². The van der Waals surface area contributed by atoms with E-state index in [4.69, 9.17) is 0 Å². The van der Waals surface area contributed by atoms with Crippen molar-refractivity contribution >= 4 is 17.2 Å². The van der Waals surface area contributed by atoms with Gasteiger partial charge in [0.2, 0.25) is 5.91 Å². The Balaban J connectivity index is 2.36. The minimum Gasteiger partial charge on any atom is -0.353 e. The summed E-state index contributed by atoms with van der Waals surface area (Å²) in [7, 11) is 0. The number of carbonyl (C=O) groups is 1. The summed E-state index contributed by atoms with van der Waals surface area (Å²) >= 11 is 1.74. The highest BCUT2D eigenvalue weighted by atomic mass is 32.1. The Morgan fingerprint density at radius 3 is 2.80 bits per heavy atom. The predicted octanol–water partition coefficient (Wildman–Crippen LogP) is 2.84. The molecule has 0 saturated heterocycles. The van der Waals surface area contributed by atoms with Crippen LogP contribution >= 0.6 is 11.3 Å². The first-order valence-electron chi connectivity index (χ1n) is 5.46. The molecular formula is C12H19NOS. The highest BCUT2D eigenvalue weighted by molar-refractivity contribution is 7.09. The van der Waals surface area contributed by atoms with E-state index in [1.54, 1.807) is 11.3 Å². The van der Waals surface area contributed by atoms with Crippen LogP contribution in [-0.2, 0) is 11.2 Å². The number of carbonyl (C=O) groups excluding carboxylic acids is 1. The smallest absolute Gasteiger partial charge is 0.223 e. The van der Waals surface area contributed by atoms with E-state index in [0.29, 0.717) is 0 Å². The lowest BCUT2D eigenvalue weighted by molar-refractivity contribution is -0.125. The monoisotopic (exact) mass is 225 g/mol. The quantitative estimate of drug-likeness (QED) is 0.820. The molecule has 84 valence electrons. The fraction of sp³-hybridized carbons (Fsp3) is 0.583. The molecule has 1 amide bonds. The van der Waals surface area contributed by atoms with E-state index in [2.05, 4.69) is 23.7 Å². The van der Waals surface area contributed by atoms with E-state index in [-0.39, 0.29) is 17.9 Å². The number of hydrogen-bond donors (Lipinski definition) is 1. The van der Waals surface area contributed by atoms with E-state index in [0.717, 1.165) is 12.8 Å². The van der Waals surface area contributed by atoms with Crippen molar-refractivity contribution in [2.45, 2.75) is 39.7 Å². The molecule has 15 heavy (non-hydrogen) atoms. The van der Waals surface area contributed by atoms with Gasteiger partial charge in [-0.2, -0.15) is 0 Å². The molecule has 3 heteroatoms. The summed E-state index contributed by atoms with van der Waals surface area (Å²) in [6, 6.07) is 4.38. The summed E-state index contributed by atoms with van der Waals surface area (Å²) in [5, 5.41) is 5.10. The zero-order chi connectivity index (χ0) is 11.3. The fourth-order valence-corrected chi connectivity index (χ4v) is 2.19. The van der Waals surface area contributed by atoms with Crippen LogP contribution in [0.1, 0.15) is 32.1 Å². The first kappa shape index (κ1) is 12.2. The summed E-state index contributed by atoms with van der Waals surface area (Å²) in [6.45, 7) is 6.06. The Morgan fingerprint density at radius 2 is 2.27 bits per heavy atom. The maximum Gasteiger partial charge on any atom is 0.223 e. The Kier molecular flexibility index (Phi) is 4.82. The van der Waals surface area contributed by atoms with Crippen molar-refractivity contribution in [1.82, 2.24) is 5.32 Å². The second-order valence-electron chi connectivity index (χ2n) is 4.00. The maximum atomic E-state index is 11.6. The molecule has 0 bridgehead atoms. The van der Waals surface area contributed by atoms with Gasteiger partial charge >= 0.3 is 0 Å². The van der Waals surface area contributed by atoms with Crippen LogP contribution in [0.5, 0.6) is 0 Å². The molecule has 1 rings (SSSR count). The van der Waals surface area contributed by atoms with Crippen molar-refractivity contribution in [2.75, 3.05) is 0 Å². The second kappa shape index (κ2) is 5.91. The molecule has 0 unspecified atom stereocenters. The normalized spacial score (nSPS) is 14.6. The van der Waals surface area contributed by atoms with E-state index in [1.807, 2.05) is 19.9 Å². The summed E-state index contributed by atoms with van der Waals surface area (Å²) in [4.78, 5) is 12.9. The molecule has 2 nitrogen and oxygen atoms in total. The molecule has 0 aromatic carbocycles. The molecule has 2 atom stereocenters. The van der Waals surface area contributed by atoms with E-state index >= 15 is 0 Å². The third-order valence-electron chi connectivity index (χ3n) is 2.54.